The predicted molar refractivity (Wildman–Crippen MR) is 32.3 cm³/mol. The molecule has 1 heterocycles. The molecule has 0 amide bonds. The van der Waals surface area contributed by atoms with Gasteiger partial charge in [0.2, 0.25) is 0 Å². The van der Waals surface area contributed by atoms with Gasteiger partial charge in [0.1, 0.15) is 0 Å². The molecule has 15 heavy (non-hydrogen) atoms. The van der Waals surface area contributed by atoms with Gasteiger partial charge in [0.15, 0.2) is 0 Å². The molecule has 0 radical (unpaired) electrons. The third-order valence-electron chi connectivity index (χ3n) is 1.81. The molecule has 10 heteroatoms. The van der Waals surface area contributed by atoms with Crippen molar-refractivity contribution in [3.8, 4) is 0 Å². The summed E-state index contributed by atoms with van der Waals surface area (Å²) in [7, 11) is -4.91. The molecular weight excluding hydrogens is 254 g/mol. The number of carboxylic acid groups (broad SMARTS) is 1. The summed E-state index contributed by atoms with van der Waals surface area (Å²) in [5.74, 6) is -1.50. The molecule has 0 aromatic rings. The molecule has 0 aliphatic carbocycles. The topological polar surface area (TPSA) is 107 Å². The van der Waals surface area contributed by atoms with Gasteiger partial charge in [-0.25, -0.2) is 0 Å². The van der Waals surface area contributed by atoms with Gasteiger partial charge in [-0.15, -0.1) is 0 Å². The maximum atomic E-state index is 10.5. The Hall–Kier alpha value is 2.58. The minimum Gasteiger partial charge on any atom is -0.799 e. The molecular formula is C5H7NNa3O5P. The molecule has 1 saturated heterocycles. The molecule has 0 aromatic carbocycles. The van der Waals surface area contributed by atoms with Gasteiger partial charge < -0.3 is 24.3 Å². The van der Waals surface area contributed by atoms with E-state index in [4.69, 9.17) is 0 Å². The first kappa shape index (κ1) is 22.7. The monoisotopic (exact) mass is 261 g/mol. The summed E-state index contributed by atoms with van der Waals surface area (Å²) >= 11 is 0. The third-order valence-corrected chi connectivity index (χ3v) is 2.92. The largest absolute Gasteiger partial charge is 1.00 e. The molecule has 1 unspecified atom stereocenters. The maximum absolute atomic E-state index is 10.5. The van der Waals surface area contributed by atoms with E-state index in [1.54, 1.807) is 0 Å². The summed E-state index contributed by atoms with van der Waals surface area (Å²) in [6.45, 7) is -0.0110. The van der Waals surface area contributed by atoms with Gasteiger partial charge in [-0.2, -0.15) is 0 Å². The summed E-state index contributed by atoms with van der Waals surface area (Å²) in [5, 5.41) is 10.3. The number of aliphatic carboxylic acids is 1. The van der Waals surface area contributed by atoms with Gasteiger partial charge >= 0.3 is 88.7 Å². The van der Waals surface area contributed by atoms with Crippen LogP contribution >= 0.6 is 7.75 Å². The van der Waals surface area contributed by atoms with Crippen LogP contribution in [0.3, 0.4) is 0 Å². The Kier molecular flexibility index (Phi) is 14.4. The number of rotatable bonds is 2. The molecule has 1 rings (SSSR count). The fraction of sp³-hybridized carbons (Fsp3) is 0.800. The normalized spacial score (nSPS) is 20.8. The third kappa shape index (κ3) is 6.91. The van der Waals surface area contributed by atoms with Crippen LogP contribution in [0.25, 0.3) is 0 Å². The van der Waals surface area contributed by atoms with E-state index in [0.717, 1.165) is 0 Å². The molecule has 1 atom stereocenters. The van der Waals surface area contributed by atoms with Crippen molar-refractivity contribution in [2.24, 2.45) is 0 Å². The quantitative estimate of drug-likeness (QED) is 0.361. The van der Waals surface area contributed by atoms with Crippen LogP contribution < -0.4 is 104 Å². The van der Waals surface area contributed by atoms with Crippen LogP contribution in [0.5, 0.6) is 0 Å². The van der Waals surface area contributed by atoms with E-state index < -0.39 is 19.8 Å². The molecule has 70 valence electrons. The Labute approximate surface area is 154 Å². The molecule has 1 aliphatic rings. The van der Waals surface area contributed by atoms with Crippen molar-refractivity contribution < 1.29 is 113 Å². The summed E-state index contributed by atoms with van der Waals surface area (Å²) in [5.41, 5.74) is 0. The Bertz CT molecular complexity index is 247. The van der Waals surface area contributed by atoms with Crippen molar-refractivity contribution in [1.29, 1.82) is 0 Å². The second kappa shape index (κ2) is 9.50. The maximum Gasteiger partial charge on any atom is 1.00 e. The molecule has 0 spiro atoms. The average Bonchev–Trinajstić information content (AvgIpc) is 2.30. The Morgan fingerprint density at radius 1 is 1.27 bits per heavy atom. The van der Waals surface area contributed by atoms with Crippen LogP contribution in [-0.4, -0.2) is 23.2 Å². The summed E-state index contributed by atoms with van der Waals surface area (Å²) in [4.78, 5) is 31.2. The van der Waals surface area contributed by atoms with Gasteiger partial charge in [0.25, 0.3) is 0 Å². The van der Waals surface area contributed by atoms with E-state index in [2.05, 4.69) is 0 Å². The standard InChI is InChI=1S/C5H10NO5P.3Na/c7-5(8)4-2-1-3-6(4)12(9,10)11;;;/h4H,1-3H2,(H,7,8)(H2,9,10,11);;;/q;3*+1/p-3. The van der Waals surface area contributed by atoms with Gasteiger partial charge in [0, 0.05) is 14.3 Å². The van der Waals surface area contributed by atoms with E-state index in [0.29, 0.717) is 11.1 Å². The van der Waals surface area contributed by atoms with Crippen molar-refractivity contribution in [3.05, 3.63) is 0 Å². The SMILES string of the molecule is O=C([O-])C1CCCN1P(=O)([O-])[O-].[Na+].[Na+].[Na+]. The number of carboxylic acids is 1. The smallest absolute Gasteiger partial charge is 0.799 e. The van der Waals surface area contributed by atoms with E-state index in [1.165, 1.54) is 0 Å². The fourth-order valence-electron chi connectivity index (χ4n) is 1.28. The predicted octanol–water partition coefficient (Wildman–Crippen LogP) is -12.0. The fourth-order valence-corrected chi connectivity index (χ4v) is 2.22. The zero-order chi connectivity index (χ0) is 9.35. The average molecular weight is 261 g/mol. The van der Waals surface area contributed by atoms with Crippen LogP contribution in [0.15, 0.2) is 0 Å². The van der Waals surface area contributed by atoms with Crippen LogP contribution in [0, 0.1) is 0 Å². The Morgan fingerprint density at radius 2 is 1.73 bits per heavy atom. The minimum absolute atomic E-state index is 0. The van der Waals surface area contributed by atoms with E-state index in [9.17, 15) is 24.3 Å². The second-order valence-corrected chi connectivity index (χ2v) is 4.06. The zero-order valence-electron chi connectivity index (χ0n) is 9.13. The molecule has 1 fully saturated rings. The number of hydrogen-bond donors (Lipinski definition) is 0. The van der Waals surface area contributed by atoms with Gasteiger partial charge in [0.05, 0.1) is 12.0 Å². The van der Waals surface area contributed by atoms with Crippen molar-refractivity contribution in [1.82, 2.24) is 4.67 Å². The van der Waals surface area contributed by atoms with Crippen LogP contribution in [-0.2, 0) is 9.36 Å². The number of carbonyl (C=O) groups is 1. The summed E-state index contributed by atoms with van der Waals surface area (Å²) in [6, 6.07) is -1.26. The zero-order valence-corrected chi connectivity index (χ0v) is 16.0. The van der Waals surface area contributed by atoms with E-state index in [1.807, 2.05) is 0 Å². The molecule has 1 aliphatic heterocycles. The molecule has 6 nitrogen and oxygen atoms in total. The van der Waals surface area contributed by atoms with Crippen molar-refractivity contribution in [2.45, 2.75) is 18.9 Å². The first-order valence-corrected chi connectivity index (χ1v) is 4.92. The van der Waals surface area contributed by atoms with E-state index >= 15 is 0 Å². The summed E-state index contributed by atoms with van der Waals surface area (Å²) in [6.07, 6.45) is 0.559. The number of carbonyl (C=O) groups excluding carboxylic acids is 1. The first-order chi connectivity index (χ1) is 5.43. The molecule has 0 aromatic heterocycles. The van der Waals surface area contributed by atoms with Crippen molar-refractivity contribution >= 4 is 13.7 Å². The van der Waals surface area contributed by atoms with Crippen LogP contribution in [0.1, 0.15) is 12.8 Å². The molecule has 0 saturated carbocycles. The Morgan fingerprint density at radius 3 is 2.00 bits per heavy atom. The van der Waals surface area contributed by atoms with Crippen molar-refractivity contribution in [3.63, 3.8) is 0 Å². The van der Waals surface area contributed by atoms with Crippen LogP contribution in [0.4, 0.5) is 0 Å². The summed E-state index contributed by atoms with van der Waals surface area (Å²) < 4.78 is 10.9. The van der Waals surface area contributed by atoms with Gasteiger partial charge in [-0.05, 0) is 12.8 Å². The minimum atomic E-state index is -4.91. The van der Waals surface area contributed by atoms with Gasteiger partial charge in [-0.1, -0.05) is 0 Å². The number of nitrogens with zero attached hydrogens (tertiary/aromatic N) is 1. The van der Waals surface area contributed by atoms with Crippen molar-refractivity contribution in [2.75, 3.05) is 6.54 Å². The second-order valence-electron chi connectivity index (χ2n) is 2.61. The van der Waals surface area contributed by atoms with Gasteiger partial charge in [-0.3, -0.25) is 4.67 Å². The number of hydrogen-bond acceptors (Lipinski definition) is 5. The van der Waals surface area contributed by atoms with E-state index in [-0.39, 0.29) is 102 Å². The first-order valence-electron chi connectivity index (χ1n) is 3.43. The Balaban J connectivity index is -0.000000480. The molecule has 0 bridgehead atoms. The van der Waals surface area contributed by atoms with Crippen LogP contribution in [0.2, 0.25) is 0 Å². The molecule has 0 N–H and O–H groups in total.